The zero-order valence-electron chi connectivity index (χ0n) is 10.4. The molecule has 1 aliphatic heterocycles. The minimum absolute atomic E-state index is 0.312. The van der Waals surface area contributed by atoms with Crippen LogP contribution in [0.1, 0.15) is 32.6 Å². The Morgan fingerprint density at radius 1 is 1.47 bits per heavy atom. The average molecular weight is 235 g/mol. The number of phenols is 1. The molecule has 0 bridgehead atoms. The molecule has 2 unspecified atom stereocenters. The molecule has 0 saturated carbocycles. The van der Waals surface area contributed by atoms with Crippen molar-refractivity contribution in [1.29, 1.82) is 0 Å². The molecule has 1 heterocycles. The molecule has 0 amide bonds. The van der Waals surface area contributed by atoms with Gasteiger partial charge in [-0.15, -0.1) is 0 Å². The van der Waals surface area contributed by atoms with Crippen molar-refractivity contribution >= 4 is 5.69 Å². The lowest BCUT2D eigenvalue weighted by Crippen LogP contribution is -2.33. The summed E-state index contributed by atoms with van der Waals surface area (Å²) in [6.45, 7) is 3.02. The van der Waals surface area contributed by atoms with Crippen molar-refractivity contribution in [2.45, 2.75) is 44.8 Å². The fraction of sp³-hybridized carbons (Fsp3) is 0.571. The van der Waals surface area contributed by atoms with Crippen LogP contribution in [0, 0.1) is 0 Å². The third-order valence-electron chi connectivity index (χ3n) is 3.19. The van der Waals surface area contributed by atoms with Crippen LogP contribution in [0.15, 0.2) is 24.3 Å². The second kappa shape index (κ2) is 5.92. The highest BCUT2D eigenvalue weighted by atomic mass is 16.5. The normalized spacial score (nSPS) is 24.5. The molecule has 2 N–H and O–H groups in total. The van der Waals surface area contributed by atoms with E-state index in [1.807, 2.05) is 12.1 Å². The number of ether oxygens (including phenoxy) is 1. The summed E-state index contributed by atoms with van der Waals surface area (Å²) in [6, 6.07) is 7.77. The van der Waals surface area contributed by atoms with E-state index in [9.17, 15) is 5.11 Å². The quantitative estimate of drug-likeness (QED) is 0.842. The molecule has 1 aromatic carbocycles. The van der Waals surface area contributed by atoms with Gasteiger partial charge in [-0.1, -0.05) is 19.4 Å². The van der Waals surface area contributed by atoms with E-state index >= 15 is 0 Å². The van der Waals surface area contributed by atoms with Crippen LogP contribution in [-0.2, 0) is 4.74 Å². The van der Waals surface area contributed by atoms with Gasteiger partial charge < -0.3 is 15.2 Å². The Kier molecular flexibility index (Phi) is 4.26. The second-order valence-corrected chi connectivity index (χ2v) is 4.70. The number of nitrogens with one attached hydrogen (secondary N) is 1. The minimum Gasteiger partial charge on any atom is -0.508 e. The van der Waals surface area contributed by atoms with Gasteiger partial charge in [0.25, 0.3) is 0 Å². The topological polar surface area (TPSA) is 41.5 Å². The molecule has 2 rings (SSSR count). The summed E-state index contributed by atoms with van der Waals surface area (Å²) in [5, 5.41) is 12.9. The Hall–Kier alpha value is -1.22. The minimum atomic E-state index is 0.312. The van der Waals surface area contributed by atoms with Crippen molar-refractivity contribution in [3.63, 3.8) is 0 Å². The molecular formula is C14H21NO2. The molecule has 3 nitrogen and oxygen atoms in total. The monoisotopic (exact) mass is 235 g/mol. The zero-order valence-corrected chi connectivity index (χ0v) is 10.4. The summed E-state index contributed by atoms with van der Waals surface area (Å²) in [5.41, 5.74) is 0.993. The summed E-state index contributed by atoms with van der Waals surface area (Å²) < 4.78 is 5.72. The van der Waals surface area contributed by atoms with Crippen molar-refractivity contribution < 1.29 is 9.84 Å². The van der Waals surface area contributed by atoms with E-state index in [1.54, 1.807) is 12.1 Å². The fourth-order valence-electron chi connectivity index (χ4n) is 2.37. The number of phenolic OH excluding ortho intramolecular Hbond substituents is 1. The molecule has 1 aromatic rings. The molecule has 1 fully saturated rings. The number of hydrogen-bond donors (Lipinski definition) is 2. The summed E-state index contributed by atoms with van der Waals surface area (Å²) in [7, 11) is 0. The van der Waals surface area contributed by atoms with Crippen LogP contribution in [0.25, 0.3) is 0 Å². The average Bonchev–Trinajstić information content (AvgIpc) is 2.30. The van der Waals surface area contributed by atoms with E-state index in [-0.39, 0.29) is 0 Å². The molecule has 17 heavy (non-hydrogen) atoms. The molecule has 0 aromatic heterocycles. The highest BCUT2D eigenvalue weighted by Gasteiger charge is 2.21. The van der Waals surface area contributed by atoms with Crippen LogP contribution in [0.3, 0.4) is 0 Å². The number of hydrogen-bond acceptors (Lipinski definition) is 3. The van der Waals surface area contributed by atoms with Gasteiger partial charge in [-0.3, -0.25) is 0 Å². The third kappa shape index (κ3) is 3.63. The van der Waals surface area contributed by atoms with Crippen molar-refractivity contribution in [1.82, 2.24) is 0 Å². The van der Waals surface area contributed by atoms with Crippen LogP contribution >= 0.6 is 0 Å². The van der Waals surface area contributed by atoms with Crippen LogP contribution in [0.5, 0.6) is 5.75 Å². The standard InChI is InChI=1S/C14H21NO2/c1-2-4-14-10-12(7-8-17-14)15-11-5-3-6-13(16)9-11/h3,5-6,9,12,14-16H,2,4,7-8,10H2,1H3. The maximum absolute atomic E-state index is 9.41. The van der Waals surface area contributed by atoms with Gasteiger partial charge >= 0.3 is 0 Å². The van der Waals surface area contributed by atoms with Crippen molar-refractivity contribution in [2.75, 3.05) is 11.9 Å². The lowest BCUT2D eigenvalue weighted by Gasteiger charge is -2.30. The number of aromatic hydroxyl groups is 1. The number of anilines is 1. The van der Waals surface area contributed by atoms with Gasteiger partial charge in [0.15, 0.2) is 0 Å². The molecular weight excluding hydrogens is 214 g/mol. The van der Waals surface area contributed by atoms with Crippen molar-refractivity contribution in [2.24, 2.45) is 0 Å². The molecule has 1 saturated heterocycles. The van der Waals surface area contributed by atoms with Crippen LogP contribution < -0.4 is 5.32 Å². The highest BCUT2D eigenvalue weighted by Crippen LogP contribution is 2.23. The lowest BCUT2D eigenvalue weighted by atomic mass is 10.00. The van der Waals surface area contributed by atoms with E-state index < -0.39 is 0 Å². The van der Waals surface area contributed by atoms with Crippen molar-refractivity contribution in [3.05, 3.63) is 24.3 Å². The molecule has 0 aliphatic carbocycles. The largest absolute Gasteiger partial charge is 0.508 e. The fourth-order valence-corrected chi connectivity index (χ4v) is 2.37. The lowest BCUT2D eigenvalue weighted by molar-refractivity contribution is 0.00598. The highest BCUT2D eigenvalue weighted by molar-refractivity contribution is 5.48. The Morgan fingerprint density at radius 3 is 3.12 bits per heavy atom. The zero-order chi connectivity index (χ0) is 12.1. The van der Waals surface area contributed by atoms with E-state index in [2.05, 4.69) is 12.2 Å². The maximum Gasteiger partial charge on any atom is 0.117 e. The molecule has 3 heteroatoms. The first-order valence-electron chi connectivity index (χ1n) is 6.45. The van der Waals surface area contributed by atoms with E-state index in [0.29, 0.717) is 17.9 Å². The first-order chi connectivity index (χ1) is 8.28. The van der Waals surface area contributed by atoms with Crippen LogP contribution in [0.2, 0.25) is 0 Å². The Morgan fingerprint density at radius 2 is 2.35 bits per heavy atom. The third-order valence-corrected chi connectivity index (χ3v) is 3.19. The second-order valence-electron chi connectivity index (χ2n) is 4.70. The van der Waals surface area contributed by atoms with E-state index in [1.165, 1.54) is 6.42 Å². The maximum atomic E-state index is 9.41. The van der Waals surface area contributed by atoms with E-state index in [0.717, 1.165) is 31.6 Å². The Balaban J connectivity index is 1.90. The van der Waals surface area contributed by atoms with Gasteiger partial charge in [0.05, 0.1) is 6.10 Å². The summed E-state index contributed by atoms with van der Waals surface area (Å²) in [5.74, 6) is 0.312. The molecule has 2 atom stereocenters. The number of rotatable bonds is 4. The Bertz CT molecular complexity index is 352. The molecule has 94 valence electrons. The molecule has 0 spiro atoms. The molecule has 1 aliphatic rings. The van der Waals surface area contributed by atoms with Gasteiger partial charge in [0.2, 0.25) is 0 Å². The predicted octanol–water partition coefficient (Wildman–Crippen LogP) is 3.15. The van der Waals surface area contributed by atoms with Gasteiger partial charge in [-0.25, -0.2) is 0 Å². The van der Waals surface area contributed by atoms with E-state index in [4.69, 9.17) is 4.74 Å². The smallest absolute Gasteiger partial charge is 0.117 e. The van der Waals surface area contributed by atoms with Gasteiger partial charge in [-0.05, 0) is 31.4 Å². The summed E-state index contributed by atoms with van der Waals surface area (Å²) in [4.78, 5) is 0. The van der Waals surface area contributed by atoms with Gasteiger partial charge in [-0.2, -0.15) is 0 Å². The SMILES string of the molecule is CCCC1CC(Nc2cccc(O)c2)CCO1. The molecule has 0 radical (unpaired) electrons. The van der Waals surface area contributed by atoms with Gasteiger partial charge in [0.1, 0.15) is 5.75 Å². The number of benzene rings is 1. The van der Waals surface area contributed by atoms with Gasteiger partial charge in [0, 0.05) is 24.4 Å². The Labute approximate surface area is 103 Å². The van der Waals surface area contributed by atoms with Crippen LogP contribution in [0.4, 0.5) is 5.69 Å². The first kappa shape index (κ1) is 12.2. The summed E-state index contributed by atoms with van der Waals surface area (Å²) in [6.07, 6.45) is 4.80. The van der Waals surface area contributed by atoms with Crippen LogP contribution in [-0.4, -0.2) is 23.9 Å². The van der Waals surface area contributed by atoms with Crippen molar-refractivity contribution in [3.8, 4) is 5.75 Å². The summed E-state index contributed by atoms with van der Waals surface area (Å²) >= 11 is 0. The first-order valence-corrected chi connectivity index (χ1v) is 6.45. The predicted molar refractivity (Wildman–Crippen MR) is 69.4 cm³/mol.